The van der Waals surface area contributed by atoms with E-state index in [2.05, 4.69) is 16.1 Å². The van der Waals surface area contributed by atoms with E-state index in [0.29, 0.717) is 23.6 Å². The monoisotopic (exact) mass is 262 g/mol. The zero-order chi connectivity index (χ0) is 13.8. The second kappa shape index (κ2) is 5.89. The Hall–Kier alpha value is -1.80. The fourth-order valence-corrected chi connectivity index (χ4v) is 2.53. The van der Waals surface area contributed by atoms with Crippen LogP contribution in [-0.2, 0) is 11.3 Å². The molecular weight excluding hydrogens is 244 g/mol. The lowest BCUT2D eigenvalue weighted by Gasteiger charge is -2.14. The van der Waals surface area contributed by atoms with Crippen molar-refractivity contribution in [2.75, 3.05) is 7.11 Å². The van der Waals surface area contributed by atoms with Crippen molar-refractivity contribution in [3.05, 3.63) is 23.2 Å². The number of carbonyl (C=O) groups is 1. The smallest absolute Gasteiger partial charge is 0.341 e. The van der Waals surface area contributed by atoms with Gasteiger partial charge in [0, 0.05) is 6.04 Å². The lowest BCUT2D eigenvalue weighted by atomic mass is 10.1. The van der Waals surface area contributed by atoms with Gasteiger partial charge in [0.15, 0.2) is 0 Å². The average molecular weight is 262 g/mol. The molecule has 0 aromatic carbocycles. The zero-order valence-electron chi connectivity index (χ0n) is 11.2. The predicted octanol–water partition coefficient (Wildman–Crippen LogP) is 2.16. The maximum Gasteiger partial charge on any atom is 0.341 e. The van der Waals surface area contributed by atoms with Crippen LogP contribution >= 0.6 is 0 Å². The summed E-state index contributed by atoms with van der Waals surface area (Å²) in [6.07, 6.45) is 3.06. The highest BCUT2D eigenvalue weighted by atomic mass is 16.5. The van der Waals surface area contributed by atoms with Crippen molar-refractivity contribution >= 4 is 5.97 Å². The first-order valence-corrected chi connectivity index (χ1v) is 6.46. The molecule has 1 heterocycles. The molecule has 0 spiro atoms. The van der Waals surface area contributed by atoms with Crippen molar-refractivity contribution in [2.24, 2.45) is 5.92 Å². The van der Waals surface area contributed by atoms with Crippen LogP contribution in [0.5, 0.6) is 0 Å². The molecule has 1 aromatic heterocycles. The van der Waals surface area contributed by atoms with E-state index < -0.39 is 0 Å². The minimum Gasteiger partial charge on any atom is -0.465 e. The summed E-state index contributed by atoms with van der Waals surface area (Å²) in [5, 5.41) is 12.3. The molecular formula is C14H18N2O3. The molecule has 1 N–H and O–H groups in total. The molecule has 0 amide bonds. The first-order chi connectivity index (χ1) is 9.15. The van der Waals surface area contributed by atoms with Crippen LogP contribution in [0.2, 0.25) is 0 Å². The zero-order valence-corrected chi connectivity index (χ0v) is 11.2. The SMILES string of the molecule is COC(=O)c1cc(CNC2CCCC2C#N)oc1C. The summed E-state index contributed by atoms with van der Waals surface area (Å²) in [4.78, 5) is 11.5. The number of hydrogen-bond donors (Lipinski definition) is 1. The van der Waals surface area contributed by atoms with Crippen molar-refractivity contribution in [2.45, 2.75) is 38.8 Å². The lowest BCUT2D eigenvalue weighted by Crippen LogP contribution is -2.31. The fraction of sp³-hybridized carbons (Fsp3) is 0.571. The molecule has 19 heavy (non-hydrogen) atoms. The molecule has 0 radical (unpaired) electrons. The third kappa shape index (κ3) is 2.96. The van der Waals surface area contributed by atoms with Gasteiger partial charge < -0.3 is 14.5 Å². The third-order valence-electron chi connectivity index (χ3n) is 3.59. The van der Waals surface area contributed by atoms with Crippen molar-refractivity contribution < 1.29 is 13.9 Å². The average Bonchev–Trinajstić information content (AvgIpc) is 3.01. The van der Waals surface area contributed by atoms with Crippen LogP contribution in [0.1, 0.15) is 41.1 Å². The number of aryl methyl sites for hydroxylation is 1. The summed E-state index contributed by atoms with van der Waals surface area (Å²) >= 11 is 0. The van der Waals surface area contributed by atoms with Crippen LogP contribution in [0.4, 0.5) is 0 Å². The highest BCUT2D eigenvalue weighted by Gasteiger charge is 2.27. The molecule has 2 atom stereocenters. The minimum absolute atomic E-state index is 0.0798. The number of furan rings is 1. The Kier molecular flexibility index (Phi) is 4.23. The number of ether oxygens (including phenoxy) is 1. The van der Waals surface area contributed by atoms with Gasteiger partial charge in [-0.1, -0.05) is 6.42 Å². The van der Waals surface area contributed by atoms with E-state index in [1.165, 1.54) is 7.11 Å². The molecule has 1 aliphatic carbocycles. The molecule has 2 unspecified atom stereocenters. The van der Waals surface area contributed by atoms with Gasteiger partial charge in [0.2, 0.25) is 0 Å². The van der Waals surface area contributed by atoms with Crippen LogP contribution in [0.3, 0.4) is 0 Å². The van der Waals surface area contributed by atoms with Crippen molar-refractivity contribution in [3.63, 3.8) is 0 Å². The Morgan fingerprint density at radius 1 is 1.63 bits per heavy atom. The second-order valence-corrected chi connectivity index (χ2v) is 4.83. The Balaban J connectivity index is 1.97. The van der Waals surface area contributed by atoms with Crippen LogP contribution in [0.25, 0.3) is 0 Å². The molecule has 0 bridgehead atoms. The van der Waals surface area contributed by atoms with Gasteiger partial charge in [0.25, 0.3) is 0 Å². The lowest BCUT2D eigenvalue weighted by molar-refractivity contribution is 0.0599. The molecule has 1 aromatic rings. The molecule has 102 valence electrons. The number of esters is 1. The molecule has 1 aliphatic rings. The molecule has 0 saturated heterocycles. The fourth-order valence-electron chi connectivity index (χ4n) is 2.53. The number of hydrogen-bond acceptors (Lipinski definition) is 5. The number of nitrogens with zero attached hydrogens (tertiary/aromatic N) is 1. The summed E-state index contributed by atoms with van der Waals surface area (Å²) in [6.45, 7) is 2.27. The molecule has 0 aliphatic heterocycles. The van der Waals surface area contributed by atoms with Crippen molar-refractivity contribution in [1.29, 1.82) is 5.26 Å². The molecule has 2 rings (SSSR count). The van der Waals surface area contributed by atoms with Crippen LogP contribution in [-0.4, -0.2) is 19.1 Å². The number of nitriles is 1. The number of carbonyl (C=O) groups excluding carboxylic acids is 1. The van der Waals surface area contributed by atoms with E-state index >= 15 is 0 Å². The standard InChI is InChI=1S/C14H18N2O3/c1-9-12(14(17)18-2)6-11(19-9)8-16-13-5-3-4-10(13)7-15/h6,10,13,16H,3-5,8H2,1-2H3. The molecule has 1 fully saturated rings. The van der Waals surface area contributed by atoms with Gasteiger partial charge in [-0.3, -0.25) is 0 Å². The topological polar surface area (TPSA) is 75.3 Å². The maximum absolute atomic E-state index is 11.5. The van der Waals surface area contributed by atoms with Crippen LogP contribution < -0.4 is 5.32 Å². The van der Waals surface area contributed by atoms with Gasteiger partial charge in [0.1, 0.15) is 17.1 Å². The number of methoxy groups -OCH3 is 1. The summed E-state index contributed by atoms with van der Waals surface area (Å²) in [6, 6.07) is 4.25. The Labute approximate surface area is 112 Å². The van der Waals surface area contributed by atoms with E-state index in [0.717, 1.165) is 19.3 Å². The molecule has 1 saturated carbocycles. The van der Waals surface area contributed by atoms with E-state index in [-0.39, 0.29) is 17.9 Å². The van der Waals surface area contributed by atoms with E-state index in [4.69, 9.17) is 9.68 Å². The summed E-state index contributed by atoms with van der Waals surface area (Å²) in [5.74, 6) is 0.952. The Morgan fingerprint density at radius 3 is 3.11 bits per heavy atom. The van der Waals surface area contributed by atoms with Gasteiger partial charge in [0.05, 0.1) is 25.6 Å². The highest BCUT2D eigenvalue weighted by Crippen LogP contribution is 2.25. The van der Waals surface area contributed by atoms with Gasteiger partial charge in [-0.05, 0) is 25.8 Å². The maximum atomic E-state index is 11.5. The largest absolute Gasteiger partial charge is 0.465 e. The first kappa shape index (κ1) is 13.6. The highest BCUT2D eigenvalue weighted by molar-refractivity contribution is 5.90. The normalized spacial score (nSPS) is 22.2. The molecule has 5 nitrogen and oxygen atoms in total. The van der Waals surface area contributed by atoms with Gasteiger partial charge in [-0.2, -0.15) is 5.26 Å². The van der Waals surface area contributed by atoms with Crippen molar-refractivity contribution in [3.8, 4) is 6.07 Å². The van der Waals surface area contributed by atoms with Gasteiger partial charge in [-0.25, -0.2) is 4.79 Å². The minimum atomic E-state index is -0.386. The summed E-state index contributed by atoms with van der Waals surface area (Å²) in [7, 11) is 1.35. The Morgan fingerprint density at radius 2 is 2.42 bits per heavy atom. The summed E-state index contributed by atoms with van der Waals surface area (Å²) < 4.78 is 10.2. The predicted molar refractivity (Wildman–Crippen MR) is 68.4 cm³/mol. The third-order valence-corrected chi connectivity index (χ3v) is 3.59. The number of rotatable bonds is 4. The quantitative estimate of drug-likeness (QED) is 0.841. The van der Waals surface area contributed by atoms with Crippen LogP contribution in [0, 0.1) is 24.2 Å². The molecule has 5 heteroatoms. The van der Waals surface area contributed by atoms with E-state index in [9.17, 15) is 4.79 Å². The van der Waals surface area contributed by atoms with Crippen molar-refractivity contribution in [1.82, 2.24) is 5.32 Å². The van der Waals surface area contributed by atoms with E-state index in [1.54, 1.807) is 13.0 Å². The van der Waals surface area contributed by atoms with Crippen LogP contribution in [0.15, 0.2) is 10.5 Å². The second-order valence-electron chi connectivity index (χ2n) is 4.83. The van der Waals surface area contributed by atoms with Gasteiger partial charge >= 0.3 is 5.97 Å². The number of nitrogens with one attached hydrogen (secondary N) is 1. The van der Waals surface area contributed by atoms with Gasteiger partial charge in [-0.15, -0.1) is 0 Å². The first-order valence-electron chi connectivity index (χ1n) is 6.46. The van der Waals surface area contributed by atoms with E-state index in [1.807, 2.05) is 0 Å². The Bertz CT molecular complexity index is 501. The summed E-state index contributed by atoms with van der Waals surface area (Å²) in [5.41, 5.74) is 0.461.